The first-order chi connectivity index (χ1) is 8.08. The zero-order chi connectivity index (χ0) is 12.4. The van der Waals surface area contributed by atoms with Gasteiger partial charge in [-0.2, -0.15) is 0 Å². The van der Waals surface area contributed by atoms with E-state index in [1.165, 1.54) is 4.88 Å². The van der Waals surface area contributed by atoms with Crippen LogP contribution in [0.15, 0.2) is 15.9 Å². The highest BCUT2D eigenvalue weighted by molar-refractivity contribution is 9.11. The Kier molecular flexibility index (Phi) is 4.22. The van der Waals surface area contributed by atoms with Crippen molar-refractivity contribution in [3.05, 3.63) is 20.8 Å². The first kappa shape index (κ1) is 13.1. The van der Waals surface area contributed by atoms with E-state index in [2.05, 4.69) is 26.9 Å². The number of nitrogens with zero attached hydrogens (tertiary/aromatic N) is 1. The molecule has 2 heterocycles. The third kappa shape index (κ3) is 3.09. The Morgan fingerprint density at radius 3 is 3.00 bits per heavy atom. The van der Waals surface area contributed by atoms with Gasteiger partial charge >= 0.3 is 5.97 Å². The fourth-order valence-electron chi connectivity index (χ4n) is 2.40. The van der Waals surface area contributed by atoms with Gasteiger partial charge in [0.1, 0.15) is 0 Å². The number of rotatable bonds is 3. The predicted molar refractivity (Wildman–Crippen MR) is 72.3 cm³/mol. The van der Waals surface area contributed by atoms with Gasteiger partial charge in [0.15, 0.2) is 0 Å². The Labute approximate surface area is 114 Å². The normalized spacial score (nSPS) is 26.0. The monoisotopic (exact) mass is 317 g/mol. The van der Waals surface area contributed by atoms with Crippen molar-refractivity contribution < 1.29 is 9.90 Å². The number of hydrogen-bond acceptors (Lipinski definition) is 3. The molecule has 3 nitrogen and oxygen atoms in total. The second-order valence-electron chi connectivity index (χ2n) is 4.50. The number of halogens is 1. The molecule has 2 atom stereocenters. The lowest BCUT2D eigenvalue weighted by Gasteiger charge is -2.37. The van der Waals surface area contributed by atoms with Crippen LogP contribution < -0.4 is 0 Å². The highest BCUT2D eigenvalue weighted by Gasteiger charge is 2.32. The van der Waals surface area contributed by atoms with E-state index in [4.69, 9.17) is 5.11 Å². The second kappa shape index (κ2) is 5.50. The highest BCUT2D eigenvalue weighted by Crippen LogP contribution is 2.28. The minimum absolute atomic E-state index is 0.127. The molecule has 1 aromatic rings. The highest BCUT2D eigenvalue weighted by atomic mass is 79.9. The predicted octanol–water partition coefficient (Wildman–Crippen LogP) is 3.20. The van der Waals surface area contributed by atoms with Gasteiger partial charge < -0.3 is 5.11 Å². The van der Waals surface area contributed by atoms with Gasteiger partial charge in [0, 0.05) is 17.5 Å². The summed E-state index contributed by atoms with van der Waals surface area (Å²) < 4.78 is 1.13. The van der Waals surface area contributed by atoms with Gasteiger partial charge in [-0.05, 0) is 54.4 Å². The summed E-state index contributed by atoms with van der Waals surface area (Å²) in [7, 11) is 0. The van der Waals surface area contributed by atoms with Gasteiger partial charge in [-0.1, -0.05) is 0 Å². The molecule has 0 amide bonds. The summed E-state index contributed by atoms with van der Waals surface area (Å²) in [6.45, 7) is 3.89. The van der Waals surface area contributed by atoms with Gasteiger partial charge in [0.2, 0.25) is 0 Å². The van der Waals surface area contributed by atoms with E-state index in [0.29, 0.717) is 0 Å². The first-order valence-corrected chi connectivity index (χ1v) is 7.40. The van der Waals surface area contributed by atoms with Crippen LogP contribution in [0.1, 0.15) is 24.6 Å². The SMILES string of the molecule is C[C@@H]1[C@H](C(=O)O)CCCN1Cc1ccc(Br)s1. The molecule has 1 aliphatic rings. The summed E-state index contributed by atoms with van der Waals surface area (Å²) >= 11 is 5.17. The first-order valence-electron chi connectivity index (χ1n) is 5.79. The second-order valence-corrected chi connectivity index (χ2v) is 7.05. The summed E-state index contributed by atoms with van der Waals surface area (Å²) in [5.74, 6) is -0.873. The Hall–Kier alpha value is -0.390. The summed E-state index contributed by atoms with van der Waals surface area (Å²) in [6.07, 6.45) is 1.79. The van der Waals surface area contributed by atoms with Gasteiger partial charge in [0.25, 0.3) is 0 Å². The number of aliphatic carboxylic acids is 1. The molecule has 1 fully saturated rings. The van der Waals surface area contributed by atoms with E-state index in [-0.39, 0.29) is 12.0 Å². The van der Waals surface area contributed by atoms with Crippen LogP contribution in [0.2, 0.25) is 0 Å². The average Bonchev–Trinajstić information content (AvgIpc) is 2.67. The maximum atomic E-state index is 11.1. The topological polar surface area (TPSA) is 40.5 Å². The summed E-state index contributed by atoms with van der Waals surface area (Å²) in [6, 6.07) is 4.27. The lowest BCUT2D eigenvalue weighted by molar-refractivity contribution is -0.145. The van der Waals surface area contributed by atoms with E-state index in [1.807, 2.05) is 13.0 Å². The van der Waals surface area contributed by atoms with E-state index < -0.39 is 5.97 Å². The van der Waals surface area contributed by atoms with Crippen LogP contribution in [0.5, 0.6) is 0 Å². The molecule has 94 valence electrons. The van der Waals surface area contributed by atoms with E-state index in [9.17, 15) is 4.79 Å². The largest absolute Gasteiger partial charge is 0.481 e. The van der Waals surface area contributed by atoms with Gasteiger partial charge in [0.05, 0.1) is 9.70 Å². The lowest BCUT2D eigenvalue weighted by Crippen LogP contribution is -2.45. The molecule has 1 saturated heterocycles. The van der Waals surface area contributed by atoms with Crippen molar-refractivity contribution in [3.63, 3.8) is 0 Å². The number of carbonyl (C=O) groups is 1. The van der Waals surface area contributed by atoms with Gasteiger partial charge in [-0.15, -0.1) is 11.3 Å². The van der Waals surface area contributed by atoms with Crippen LogP contribution in [0.3, 0.4) is 0 Å². The molecule has 0 aliphatic carbocycles. The van der Waals surface area contributed by atoms with Crippen molar-refractivity contribution in [1.29, 1.82) is 0 Å². The molecule has 2 rings (SSSR count). The maximum absolute atomic E-state index is 11.1. The number of carboxylic acid groups (broad SMARTS) is 1. The quantitative estimate of drug-likeness (QED) is 0.930. The smallest absolute Gasteiger partial charge is 0.308 e. The van der Waals surface area contributed by atoms with Crippen molar-refractivity contribution in [1.82, 2.24) is 4.90 Å². The molecule has 0 unspecified atom stereocenters. The number of piperidine rings is 1. The number of thiophene rings is 1. The van der Waals surface area contributed by atoms with Gasteiger partial charge in [-0.3, -0.25) is 9.69 Å². The molecule has 1 aliphatic heterocycles. The van der Waals surface area contributed by atoms with Crippen molar-refractivity contribution in [2.45, 2.75) is 32.4 Å². The molecule has 0 saturated carbocycles. The van der Waals surface area contributed by atoms with Crippen LogP contribution in [-0.4, -0.2) is 28.6 Å². The molecular weight excluding hydrogens is 302 g/mol. The van der Waals surface area contributed by atoms with Crippen molar-refractivity contribution in [2.24, 2.45) is 5.92 Å². The standard InChI is InChI=1S/C12H16BrNO2S/c1-8-10(12(15)16)3-2-6-14(8)7-9-4-5-11(13)17-9/h4-5,8,10H,2-3,6-7H2,1H3,(H,15,16)/t8-,10-/m1/s1. The molecule has 5 heteroatoms. The Morgan fingerprint density at radius 1 is 1.65 bits per heavy atom. The van der Waals surface area contributed by atoms with E-state index in [1.54, 1.807) is 11.3 Å². The fraction of sp³-hybridized carbons (Fsp3) is 0.583. The molecule has 1 aromatic heterocycles. The zero-order valence-corrected chi connectivity index (χ0v) is 12.1. The minimum atomic E-state index is -0.658. The summed E-state index contributed by atoms with van der Waals surface area (Å²) in [5.41, 5.74) is 0. The van der Waals surface area contributed by atoms with Crippen LogP contribution in [-0.2, 0) is 11.3 Å². The van der Waals surface area contributed by atoms with Crippen LogP contribution >= 0.6 is 27.3 Å². The summed E-state index contributed by atoms with van der Waals surface area (Å²) in [5, 5.41) is 9.17. The van der Waals surface area contributed by atoms with Crippen molar-refractivity contribution in [3.8, 4) is 0 Å². The third-order valence-electron chi connectivity index (χ3n) is 3.42. The van der Waals surface area contributed by atoms with Crippen LogP contribution in [0.25, 0.3) is 0 Å². The van der Waals surface area contributed by atoms with Gasteiger partial charge in [-0.25, -0.2) is 0 Å². The van der Waals surface area contributed by atoms with Crippen LogP contribution in [0.4, 0.5) is 0 Å². The third-order valence-corrected chi connectivity index (χ3v) is 5.03. The number of hydrogen-bond donors (Lipinski definition) is 1. The zero-order valence-electron chi connectivity index (χ0n) is 9.73. The molecule has 17 heavy (non-hydrogen) atoms. The molecule has 0 bridgehead atoms. The number of likely N-dealkylation sites (tertiary alicyclic amines) is 1. The molecular formula is C12H16BrNO2S. The average molecular weight is 318 g/mol. The van der Waals surface area contributed by atoms with E-state index in [0.717, 1.165) is 29.7 Å². The van der Waals surface area contributed by atoms with Crippen LogP contribution in [0, 0.1) is 5.92 Å². The van der Waals surface area contributed by atoms with Crippen molar-refractivity contribution in [2.75, 3.05) is 6.54 Å². The Bertz CT molecular complexity index is 407. The molecule has 0 spiro atoms. The maximum Gasteiger partial charge on any atom is 0.308 e. The molecule has 0 aromatic carbocycles. The molecule has 0 radical (unpaired) electrons. The minimum Gasteiger partial charge on any atom is -0.481 e. The Morgan fingerprint density at radius 2 is 2.41 bits per heavy atom. The van der Waals surface area contributed by atoms with E-state index >= 15 is 0 Å². The molecule has 1 N–H and O–H groups in total. The Balaban J connectivity index is 2.03. The van der Waals surface area contributed by atoms with Crippen molar-refractivity contribution >= 4 is 33.2 Å². The lowest BCUT2D eigenvalue weighted by atomic mass is 9.90. The summed E-state index contributed by atoms with van der Waals surface area (Å²) in [4.78, 5) is 14.7. The fourth-order valence-corrected chi connectivity index (χ4v) is 3.91. The number of carboxylic acids is 1.